The van der Waals surface area contributed by atoms with Crippen molar-refractivity contribution in [3.8, 4) is 0 Å². The lowest BCUT2D eigenvalue weighted by Gasteiger charge is -2.00. The molecular weight excluding hydrogens is 242 g/mol. The van der Waals surface area contributed by atoms with Gasteiger partial charge in [0.05, 0.1) is 44.1 Å². The van der Waals surface area contributed by atoms with E-state index in [0.717, 1.165) is 17.1 Å². The van der Waals surface area contributed by atoms with E-state index in [0.29, 0.717) is 19.8 Å². The van der Waals surface area contributed by atoms with Gasteiger partial charge in [-0.3, -0.25) is 4.79 Å². The van der Waals surface area contributed by atoms with Crippen molar-refractivity contribution in [2.24, 2.45) is 0 Å². The summed E-state index contributed by atoms with van der Waals surface area (Å²) in [5.41, 5.74) is 0.758. The lowest BCUT2D eigenvalue weighted by Crippen LogP contribution is -2.06. The van der Waals surface area contributed by atoms with Crippen molar-refractivity contribution < 1.29 is 19.0 Å². The maximum atomic E-state index is 11.0. The molecule has 0 aromatic carbocycles. The molecule has 0 unspecified atom stereocenters. The van der Waals surface area contributed by atoms with Crippen LogP contribution in [0.25, 0.3) is 0 Å². The second kappa shape index (κ2) is 8.16. The van der Waals surface area contributed by atoms with Crippen molar-refractivity contribution >= 4 is 17.3 Å². The number of nitrogens with zero attached hydrogens (tertiary/aromatic N) is 1. The third-order valence-corrected chi connectivity index (χ3v) is 3.00. The summed E-state index contributed by atoms with van der Waals surface area (Å²) in [6.07, 6.45) is 0.993. The van der Waals surface area contributed by atoms with E-state index in [9.17, 15) is 4.79 Å². The van der Waals surface area contributed by atoms with Crippen LogP contribution in [0, 0.1) is 0 Å². The number of aromatic nitrogens is 1. The highest BCUT2D eigenvalue weighted by atomic mass is 32.1. The SMILES string of the molecule is COCCOCCc1nc(CC(=O)OC)cs1. The molecule has 0 aliphatic heterocycles. The first-order valence-corrected chi connectivity index (χ1v) is 6.21. The molecule has 0 radical (unpaired) electrons. The van der Waals surface area contributed by atoms with Gasteiger partial charge in [0.25, 0.3) is 0 Å². The van der Waals surface area contributed by atoms with Crippen LogP contribution in [0.15, 0.2) is 5.38 Å². The molecule has 0 atom stereocenters. The van der Waals surface area contributed by atoms with Gasteiger partial charge in [-0.2, -0.15) is 0 Å². The van der Waals surface area contributed by atoms with Gasteiger partial charge in [0.1, 0.15) is 0 Å². The number of methoxy groups -OCH3 is 2. The molecule has 96 valence electrons. The van der Waals surface area contributed by atoms with Crippen LogP contribution in [0.2, 0.25) is 0 Å². The highest BCUT2D eigenvalue weighted by Crippen LogP contribution is 2.11. The number of esters is 1. The lowest BCUT2D eigenvalue weighted by molar-refractivity contribution is -0.139. The number of thiazole rings is 1. The molecule has 1 rings (SSSR count). The van der Waals surface area contributed by atoms with Crippen molar-refractivity contribution in [3.05, 3.63) is 16.1 Å². The molecule has 1 aromatic rings. The Morgan fingerprint density at radius 1 is 1.35 bits per heavy atom. The Morgan fingerprint density at radius 3 is 2.88 bits per heavy atom. The molecular formula is C11H17NO4S. The van der Waals surface area contributed by atoms with Crippen molar-refractivity contribution in [1.29, 1.82) is 0 Å². The molecule has 1 heterocycles. The van der Waals surface area contributed by atoms with Crippen LogP contribution < -0.4 is 0 Å². The maximum Gasteiger partial charge on any atom is 0.311 e. The average Bonchev–Trinajstić information content (AvgIpc) is 2.76. The molecule has 0 spiro atoms. The van der Waals surface area contributed by atoms with Gasteiger partial charge in [0.2, 0.25) is 0 Å². The Morgan fingerprint density at radius 2 is 2.18 bits per heavy atom. The second-order valence-corrected chi connectivity index (χ2v) is 4.28. The summed E-state index contributed by atoms with van der Waals surface area (Å²) in [4.78, 5) is 15.3. The molecule has 1 aromatic heterocycles. The molecule has 0 aliphatic rings. The first kappa shape index (κ1) is 14.1. The summed E-state index contributed by atoms with van der Waals surface area (Å²) in [5, 5.41) is 2.85. The Labute approximate surface area is 105 Å². The van der Waals surface area contributed by atoms with Crippen molar-refractivity contribution in [1.82, 2.24) is 4.98 Å². The highest BCUT2D eigenvalue weighted by Gasteiger charge is 2.07. The van der Waals surface area contributed by atoms with Crippen LogP contribution in [-0.4, -0.2) is 45.0 Å². The van der Waals surface area contributed by atoms with Gasteiger partial charge >= 0.3 is 5.97 Å². The minimum absolute atomic E-state index is 0.234. The van der Waals surface area contributed by atoms with E-state index < -0.39 is 0 Å². The van der Waals surface area contributed by atoms with E-state index in [1.54, 1.807) is 7.11 Å². The molecule has 0 aliphatic carbocycles. The number of carbonyl (C=O) groups is 1. The fraction of sp³-hybridized carbons (Fsp3) is 0.636. The monoisotopic (exact) mass is 259 g/mol. The average molecular weight is 259 g/mol. The number of hydrogen-bond acceptors (Lipinski definition) is 6. The fourth-order valence-electron chi connectivity index (χ4n) is 1.17. The van der Waals surface area contributed by atoms with E-state index in [1.807, 2.05) is 5.38 Å². The first-order valence-electron chi connectivity index (χ1n) is 5.33. The zero-order chi connectivity index (χ0) is 12.5. The standard InChI is InChI=1S/C11H17NO4S/c1-14-5-6-16-4-3-10-12-9(8-17-10)7-11(13)15-2/h8H,3-7H2,1-2H3. The molecule has 0 saturated carbocycles. The smallest absolute Gasteiger partial charge is 0.311 e. The number of carbonyl (C=O) groups excluding carboxylic acids is 1. The van der Waals surface area contributed by atoms with E-state index in [1.165, 1.54) is 18.4 Å². The van der Waals surface area contributed by atoms with Gasteiger partial charge in [-0.05, 0) is 0 Å². The zero-order valence-electron chi connectivity index (χ0n) is 10.1. The van der Waals surface area contributed by atoms with E-state index in [2.05, 4.69) is 9.72 Å². The van der Waals surface area contributed by atoms with Crippen LogP contribution >= 0.6 is 11.3 Å². The molecule has 0 N–H and O–H groups in total. The quantitative estimate of drug-likeness (QED) is 0.516. The Kier molecular flexibility index (Phi) is 6.76. The molecule has 0 bridgehead atoms. The molecule has 5 nitrogen and oxygen atoms in total. The summed E-state index contributed by atoms with van der Waals surface area (Å²) in [6.45, 7) is 1.82. The van der Waals surface area contributed by atoms with Crippen molar-refractivity contribution in [2.75, 3.05) is 34.0 Å². The fourth-order valence-corrected chi connectivity index (χ4v) is 1.95. The van der Waals surface area contributed by atoms with Crippen molar-refractivity contribution in [2.45, 2.75) is 12.8 Å². The third kappa shape index (κ3) is 5.76. The van der Waals surface area contributed by atoms with Gasteiger partial charge in [-0.25, -0.2) is 4.98 Å². The maximum absolute atomic E-state index is 11.0. The predicted octanol–water partition coefficient (Wildman–Crippen LogP) is 1.06. The molecule has 0 fully saturated rings. The van der Waals surface area contributed by atoms with Gasteiger partial charge in [0.15, 0.2) is 0 Å². The van der Waals surface area contributed by atoms with Gasteiger partial charge in [-0.15, -0.1) is 11.3 Å². The Hall–Kier alpha value is -0.980. The Balaban J connectivity index is 2.23. The predicted molar refractivity (Wildman–Crippen MR) is 64.2 cm³/mol. The lowest BCUT2D eigenvalue weighted by atomic mass is 10.3. The minimum atomic E-state index is -0.266. The number of hydrogen-bond donors (Lipinski definition) is 0. The topological polar surface area (TPSA) is 57.7 Å². The zero-order valence-corrected chi connectivity index (χ0v) is 10.9. The summed E-state index contributed by atoms with van der Waals surface area (Å²) in [6, 6.07) is 0. The summed E-state index contributed by atoms with van der Waals surface area (Å²) < 4.78 is 14.8. The second-order valence-electron chi connectivity index (χ2n) is 3.34. The van der Waals surface area contributed by atoms with Gasteiger partial charge < -0.3 is 14.2 Å². The highest BCUT2D eigenvalue weighted by molar-refractivity contribution is 7.09. The normalized spacial score (nSPS) is 10.5. The first-order chi connectivity index (χ1) is 8.26. The summed E-state index contributed by atoms with van der Waals surface area (Å²) >= 11 is 1.54. The minimum Gasteiger partial charge on any atom is -0.469 e. The largest absolute Gasteiger partial charge is 0.469 e. The van der Waals surface area contributed by atoms with Gasteiger partial charge in [-0.1, -0.05) is 0 Å². The van der Waals surface area contributed by atoms with Crippen LogP contribution in [0.3, 0.4) is 0 Å². The van der Waals surface area contributed by atoms with E-state index in [-0.39, 0.29) is 12.4 Å². The summed E-state index contributed by atoms with van der Waals surface area (Å²) in [7, 11) is 3.02. The van der Waals surface area contributed by atoms with Crippen LogP contribution in [0.5, 0.6) is 0 Å². The van der Waals surface area contributed by atoms with Crippen LogP contribution in [0.1, 0.15) is 10.7 Å². The number of rotatable bonds is 8. The molecule has 0 amide bonds. The van der Waals surface area contributed by atoms with E-state index >= 15 is 0 Å². The number of ether oxygens (including phenoxy) is 3. The summed E-state index contributed by atoms with van der Waals surface area (Å²) in [5.74, 6) is -0.266. The molecule has 0 saturated heterocycles. The van der Waals surface area contributed by atoms with Crippen LogP contribution in [0.4, 0.5) is 0 Å². The third-order valence-electron chi connectivity index (χ3n) is 2.04. The Bertz CT molecular complexity index is 340. The van der Waals surface area contributed by atoms with Crippen LogP contribution in [-0.2, 0) is 31.8 Å². The molecule has 17 heavy (non-hydrogen) atoms. The van der Waals surface area contributed by atoms with E-state index in [4.69, 9.17) is 9.47 Å². The van der Waals surface area contributed by atoms with Crippen molar-refractivity contribution in [3.63, 3.8) is 0 Å². The molecule has 6 heteroatoms. The van der Waals surface area contributed by atoms with Gasteiger partial charge in [0, 0.05) is 18.9 Å².